The van der Waals surface area contributed by atoms with Gasteiger partial charge in [0.25, 0.3) is 10.2 Å². The van der Waals surface area contributed by atoms with Crippen molar-refractivity contribution >= 4 is 10.2 Å². The quantitative estimate of drug-likeness (QED) is 0.857. The van der Waals surface area contributed by atoms with Crippen molar-refractivity contribution in [3.63, 3.8) is 0 Å². The largest absolute Gasteiger partial charge is 0.330 e. The van der Waals surface area contributed by atoms with Crippen molar-refractivity contribution < 1.29 is 8.42 Å². The Morgan fingerprint density at radius 1 is 1.15 bits per heavy atom. The highest BCUT2D eigenvalue weighted by atomic mass is 32.2. The normalized spacial score (nSPS) is 33.5. The summed E-state index contributed by atoms with van der Waals surface area (Å²) >= 11 is 0. The first-order valence-corrected chi connectivity index (χ1v) is 9.33. The van der Waals surface area contributed by atoms with Crippen molar-refractivity contribution in [1.29, 1.82) is 0 Å². The molecule has 1 aliphatic carbocycles. The molecule has 1 aliphatic heterocycles. The second kappa shape index (κ2) is 6.73. The van der Waals surface area contributed by atoms with E-state index in [0.29, 0.717) is 19.0 Å². The van der Waals surface area contributed by atoms with E-state index in [0.717, 1.165) is 38.5 Å². The fourth-order valence-corrected chi connectivity index (χ4v) is 5.56. The van der Waals surface area contributed by atoms with E-state index in [9.17, 15) is 8.42 Å². The zero-order valence-electron chi connectivity index (χ0n) is 12.8. The van der Waals surface area contributed by atoms with E-state index in [1.807, 2.05) is 6.92 Å². The molecule has 3 atom stereocenters. The van der Waals surface area contributed by atoms with Crippen LogP contribution in [-0.2, 0) is 10.2 Å². The molecule has 6 heteroatoms. The molecule has 118 valence electrons. The predicted molar refractivity (Wildman–Crippen MR) is 81.5 cm³/mol. The third-order valence-electron chi connectivity index (χ3n) is 5.04. The molecule has 0 bridgehead atoms. The van der Waals surface area contributed by atoms with Crippen LogP contribution in [-0.4, -0.2) is 49.2 Å². The first-order chi connectivity index (χ1) is 9.48. The maximum Gasteiger partial charge on any atom is 0.282 e. The number of piperidine rings is 1. The van der Waals surface area contributed by atoms with Crippen LogP contribution in [0.2, 0.25) is 0 Å². The van der Waals surface area contributed by atoms with Gasteiger partial charge in [0.05, 0.1) is 0 Å². The van der Waals surface area contributed by atoms with Gasteiger partial charge >= 0.3 is 0 Å². The summed E-state index contributed by atoms with van der Waals surface area (Å²) in [6, 6.07) is 0.198. The highest BCUT2D eigenvalue weighted by Gasteiger charge is 2.39. The minimum atomic E-state index is -3.34. The van der Waals surface area contributed by atoms with Crippen LogP contribution in [0.1, 0.15) is 51.9 Å². The van der Waals surface area contributed by atoms with Crippen LogP contribution in [0.5, 0.6) is 0 Å². The molecule has 0 amide bonds. The Bertz CT molecular complexity index is 413. The van der Waals surface area contributed by atoms with Crippen molar-refractivity contribution in [2.24, 2.45) is 11.7 Å². The maximum absolute atomic E-state index is 12.9. The van der Waals surface area contributed by atoms with Crippen molar-refractivity contribution in [2.45, 2.75) is 64.0 Å². The summed E-state index contributed by atoms with van der Waals surface area (Å²) in [6.45, 7) is 3.26. The topological polar surface area (TPSA) is 66.6 Å². The lowest BCUT2D eigenvalue weighted by Crippen LogP contribution is -2.54. The lowest BCUT2D eigenvalue weighted by Gasteiger charge is -2.41. The van der Waals surface area contributed by atoms with E-state index in [4.69, 9.17) is 5.73 Å². The first-order valence-electron chi connectivity index (χ1n) is 7.93. The van der Waals surface area contributed by atoms with Gasteiger partial charge in [0.1, 0.15) is 0 Å². The molecule has 2 fully saturated rings. The minimum absolute atomic E-state index is 0.0767. The van der Waals surface area contributed by atoms with Gasteiger partial charge in [-0.1, -0.05) is 19.3 Å². The summed E-state index contributed by atoms with van der Waals surface area (Å²) in [5.74, 6) is 0.309. The Morgan fingerprint density at radius 3 is 2.45 bits per heavy atom. The van der Waals surface area contributed by atoms with Crippen molar-refractivity contribution in [1.82, 2.24) is 8.61 Å². The SMILES string of the molecule is CC1CCCCN1S(=O)(=O)N(C)C1CCCCC1CN. The standard InChI is InChI=1S/C14H29N3O2S/c1-12-7-5-6-10-17(12)20(18,19)16(2)14-9-4-3-8-13(14)11-15/h12-14H,3-11,15H2,1-2H3. The van der Waals surface area contributed by atoms with Gasteiger partial charge < -0.3 is 5.73 Å². The molecular weight excluding hydrogens is 274 g/mol. The van der Waals surface area contributed by atoms with E-state index in [1.165, 1.54) is 6.42 Å². The van der Waals surface area contributed by atoms with Crippen molar-refractivity contribution in [3.05, 3.63) is 0 Å². The Hall–Kier alpha value is -0.170. The van der Waals surface area contributed by atoms with Gasteiger partial charge in [0.2, 0.25) is 0 Å². The summed E-state index contributed by atoms with van der Waals surface area (Å²) in [5, 5.41) is 0. The van der Waals surface area contributed by atoms with E-state index in [2.05, 4.69) is 0 Å². The molecule has 20 heavy (non-hydrogen) atoms. The highest BCUT2D eigenvalue weighted by molar-refractivity contribution is 7.86. The second-order valence-electron chi connectivity index (χ2n) is 6.33. The molecule has 1 saturated carbocycles. The molecule has 3 unspecified atom stereocenters. The Labute approximate surface area is 123 Å². The van der Waals surface area contributed by atoms with Crippen LogP contribution in [0.3, 0.4) is 0 Å². The molecule has 2 N–H and O–H groups in total. The van der Waals surface area contributed by atoms with E-state index >= 15 is 0 Å². The lowest BCUT2D eigenvalue weighted by molar-refractivity contribution is 0.180. The van der Waals surface area contributed by atoms with Crippen LogP contribution in [0, 0.1) is 5.92 Å². The number of rotatable bonds is 4. The molecule has 0 aromatic rings. The third-order valence-corrected chi connectivity index (χ3v) is 7.17. The first kappa shape index (κ1) is 16.2. The van der Waals surface area contributed by atoms with Gasteiger partial charge in [0, 0.05) is 25.7 Å². The molecule has 1 saturated heterocycles. The Kier molecular flexibility index (Phi) is 5.45. The van der Waals surface area contributed by atoms with E-state index < -0.39 is 10.2 Å². The molecule has 5 nitrogen and oxygen atoms in total. The Morgan fingerprint density at radius 2 is 1.80 bits per heavy atom. The van der Waals surface area contributed by atoms with Crippen LogP contribution < -0.4 is 5.73 Å². The fourth-order valence-electron chi connectivity index (χ4n) is 3.69. The van der Waals surface area contributed by atoms with Crippen LogP contribution in [0.15, 0.2) is 0 Å². The summed E-state index contributed by atoms with van der Waals surface area (Å²) < 4.78 is 29.0. The average molecular weight is 303 g/mol. The molecule has 0 spiro atoms. The minimum Gasteiger partial charge on any atom is -0.330 e. The van der Waals surface area contributed by atoms with Gasteiger partial charge in [-0.2, -0.15) is 17.0 Å². The molecule has 0 radical (unpaired) electrons. The van der Waals surface area contributed by atoms with Gasteiger partial charge in [-0.3, -0.25) is 0 Å². The van der Waals surface area contributed by atoms with E-state index in [-0.39, 0.29) is 12.1 Å². The van der Waals surface area contributed by atoms with Gasteiger partial charge in [-0.15, -0.1) is 0 Å². The molecular formula is C14H29N3O2S. The molecule has 1 heterocycles. The third kappa shape index (κ3) is 3.18. The zero-order chi connectivity index (χ0) is 14.8. The predicted octanol–water partition coefficient (Wildman–Crippen LogP) is 1.55. The molecule has 0 aromatic carbocycles. The van der Waals surface area contributed by atoms with Crippen molar-refractivity contribution in [3.8, 4) is 0 Å². The Balaban J connectivity index is 2.14. The number of nitrogens with zero attached hydrogens (tertiary/aromatic N) is 2. The molecule has 0 aromatic heterocycles. The molecule has 2 aliphatic rings. The fraction of sp³-hybridized carbons (Fsp3) is 1.00. The number of hydrogen-bond acceptors (Lipinski definition) is 3. The van der Waals surface area contributed by atoms with Gasteiger partial charge in [0.15, 0.2) is 0 Å². The number of hydrogen-bond donors (Lipinski definition) is 1. The van der Waals surface area contributed by atoms with Crippen LogP contribution in [0.25, 0.3) is 0 Å². The van der Waals surface area contributed by atoms with E-state index in [1.54, 1.807) is 15.7 Å². The highest BCUT2D eigenvalue weighted by Crippen LogP contribution is 2.31. The maximum atomic E-state index is 12.9. The van der Waals surface area contributed by atoms with Crippen LogP contribution >= 0.6 is 0 Å². The summed E-state index contributed by atoms with van der Waals surface area (Å²) in [4.78, 5) is 0. The summed E-state index contributed by atoms with van der Waals surface area (Å²) in [7, 11) is -1.60. The van der Waals surface area contributed by atoms with Gasteiger partial charge in [-0.05, 0) is 45.1 Å². The van der Waals surface area contributed by atoms with Gasteiger partial charge in [-0.25, -0.2) is 0 Å². The number of nitrogens with two attached hydrogens (primary N) is 1. The lowest BCUT2D eigenvalue weighted by atomic mass is 9.85. The smallest absolute Gasteiger partial charge is 0.282 e. The summed E-state index contributed by atoms with van der Waals surface area (Å²) in [6.07, 6.45) is 7.35. The molecule has 2 rings (SSSR count). The van der Waals surface area contributed by atoms with Crippen molar-refractivity contribution in [2.75, 3.05) is 20.1 Å². The van der Waals surface area contributed by atoms with Crippen LogP contribution in [0.4, 0.5) is 0 Å². The average Bonchev–Trinajstić information content (AvgIpc) is 2.46. The summed E-state index contributed by atoms with van der Waals surface area (Å²) in [5.41, 5.74) is 5.85. The zero-order valence-corrected chi connectivity index (χ0v) is 13.6. The monoisotopic (exact) mass is 303 g/mol. The second-order valence-corrected chi connectivity index (χ2v) is 8.27.